The van der Waals surface area contributed by atoms with Crippen LogP contribution in [0.5, 0.6) is 0 Å². The molecule has 4 nitrogen and oxygen atoms in total. The molecule has 1 aromatic carbocycles. The Morgan fingerprint density at radius 3 is 2.72 bits per heavy atom. The van der Waals surface area contributed by atoms with E-state index in [4.69, 9.17) is 0 Å². The number of carbonyl (C=O) groups excluding carboxylic acids is 1. The number of H-pyrrole nitrogens is 1. The molecule has 0 aliphatic heterocycles. The lowest BCUT2D eigenvalue weighted by molar-refractivity contribution is 0.0938. The summed E-state index contributed by atoms with van der Waals surface area (Å²) in [4.78, 5) is 19.1. The van der Waals surface area contributed by atoms with Crippen molar-refractivity contribution in [3.05, 3.63) is 53.6 Å². The number of hydrogen-bond acceptors (Lipinski definition) is 2. The van der Waals surface area contributed by atoms with Gasteiger partial charge in [-0.2, -0.15) is 0 Å². The Labute approximate surface area is 114 Å². The van der Waals surface area contributed by atoms with Crippen LogP contribution < -0.4 is 5.32 Å². The fourth-order valence-corrected chi connectivity index (χ4v) is 1.98. The molecule has 0 saturated heterocycles. The number of alkyl halides is 1. The highest BCUT2D eigenvalue weighted by atomic mass is 79.9. The van der Waals surface area contributed by atoms with Gasteiger partial charge in [0.1, 0.15) is 5.82 Å². The molecule has 2 rings (SSSR count). The van der Waals surface area contributed by atoms with Crippen LogP contribution >= 0.6 is 15.9 Å². The number of aromatic amines is 1. The Morgan fingerprint density at radius 1 is 1.44 bits per heavy atom. The van der Waals surface area contributed by atoms with Gasteiger partial charge in [0, 0.05) is 23.3 Å². The van der Waals surface area contributed by atoms with Crippen molar-refractivity contribution < 1.29 is 4.79 Å². The molecule has 0 radical (unpaired) electrons. The van der Waals surface area contributed by atoms with Crippen LogP contribution in [-0.2, 0) is 5.33 Å². The zero-order valence-corrected chi connectivity index (χ0v) is 11.6. The topological polar surface area (TPSA) is 57.8 Å². The number of halogens is 1. The normalized spacial score (nSPS) is 12.1. The molecule has 18 heavy (non-hydrogen) atoms. The van der Waals surface area contributed by atoms with Gasteiger partial charge < -0.3 is 10.3 Å². The third kappa shape index (κ3) is 2.98. The number of aromatic nitrogens is 2. The zero-order chi connectivity index (χ0) is 13.0. The van der Waals surface area contributed by atoms with Crippen molar-refractivity contribution in [2.24, 2.45) is 0 Å². The van der Waals surface area contributed by atoms with Gasteiger partial charge in [-0.1, -0.05) is 28.1 Å². The Kier molecular flexibility index (Phi) is 4.15. The zero-order valence-electron chi connectivity index (χ0n) is 9.98. The van der Waals surface area contributed by atoms with E-state index < -0.39 is 0 Å². The summed E-state index contributed by atoms with van der Waals surface area (Å²) in [6.45, 7) is 1.89. The SMILES string of the molecule is CC(NC(=O)c1ccc(CBr)cc1)c1ncc[nH]1. The fraction of sp³-hybridized carbons (Fsp3) is 0.231. The Morgan fingerprint density at radius 2 is 2.17 bits per heavy atom. The molecule has 1 amide bonds. The molecule has 0 spiro atoms. The number of benzene rings is 1. The predicted molar refractivity (Wildman–Crippen MR) is 73.5 cm³/mol. The summed E-state index contributed by atoms with van der Waals surface area (Å²) in [6, 6.07) is 7.37. The van der Waals surface area contributed by atoms with Crippen LogP contribution in [0, 0.1) is 0 Å². The van der Waals surface area contributed by atoms with Crippen molar-refractivity contribution in [3.8, 4) is 0 Å². The van der Waals surface area contributed by atoms with Crippen molar-refractivity contribution in [1.82, 2.24) is 15.3 Å². The summed E-state index contributed by atoms with van der Waals surface area (Å²) in [5.41, 5.74) is 1.80. The summed E-state index contributed by atoms with van der Waals surface area (Å²) in [7, 11) is 0. The molecule has 0 aliphatic rings. The first-order valence-corrected chi connectivity index (χ1v) is 6.78. The number of rotatable bonds is 4. The van der Waals surface area contributed by atoms with Gasteiger partial charge in [0.15, 0.2) is 0 Å². The summed E-state index contributed by atoms with van der Waals surface area (Å²) in [5.74, 6) is 0.653. The lowest BCUT2D eigenvalue weighted by atomic mass is 10.1. The lowest BCUT2D eigenvalue weighted by Crippen LogP contribution is -2.27. The molecule has 2 aromatic rings. The number of hydrogen-bond donors (Lipinski definition) is 2. The van der Waals surface area contributed by atoms with Crippen LogP contribution in [0.1, 0.15) is 34.7 Å². The number of imidazole rings is 1. The molecule has 1 aromatic heterocycles. The van der Waals surface area contributed by atoms with Crippen molar-refractivity contribution in [2.75, 3.05) is 0 Å². The first kappa shape index (κ1) is 12.8. The van der Waals surface area contributed by atoms with E-state index in [0.717, 1.165) is 16.7 Å². The van der Waals surface area contributed by atoms with Gasteiger partial charge in [-0.05, 0) is 24.6 Å². The Bertz CT molecular complexity index is 508. The van der Waals surface area contributed by atoms with Crippen molar-refractivity contribution >= 4 is 21.8 Å². The minimum absolute atomic E-state index is 0.0972. The standard InChI is InChI=1S/C13H14BrN3O/c1-9(12-15-6-7-16-12)17-13(18)11-4-2-10(8-14)3-5-11/h2-7,9H,8H2,1H3,(H,15,16)(H,17,18). The average Bonchev–Trinajstić information content (AvgIpc) is 2.92. The van der Waals surface area contributed by atoms with Crippen molar-refractivity contribution in [3.63, 3.8) is 0 Å². The summed E-state index contributed by atoms with van der Waals surface area (Å²) in [5, 5.41) is 3.68. The second kappa shape index (κ2) is 5.82. The maximum atomic E-state index is 12.0. The monoisotopic (exact) mass is 307 g/mol. The van der Waals surface area contributed by atoms with Crippen LogP contribution in [0.4, 0.5) is 0 Å². The molecule has 0 aliphatic carbocycles. The smallest absolute Gasteiger partial charge is 0.251 e. The number of carbonyl (C=O) groups is 1. The van der Waals surface area contributed by atoms with Crippen molar-refractivity contribution in [1.29, 1.82) is 0 Å². The second-order valence-electron chi connectivity index (χ2n) is 4.00. The molecule has 1 heterocycles. The van der Waals surface area contributed by atoms with Gasteiger partial charge in [-0.15, -0.1) is 0 Å². The van der Waals surface area contributed by atoms with Crippen LogP contribution in [0.2, 0.25) is 0 Å². The van der Waals surface area contributed by atoms with E-state index in [9.17, 15) is 4.79 Å². The number of nitrogens with zero attached hydrogens (tertiary/aromatic N) is 1. The third-order valence-electron chi connectivity index (χ3n) is 2.65. The van der Waals surface area contributed by atoms with Gasteiger partial charge in [0.05, 0.1) is 6.04 Å². The molecule has 5 heteroatoms. The third-order valence-corrected chi connectivity index (χ3v) is 3.30. The van der Waals surface area contributed by atoms with E-state index in [1.807, 2.05) is 31.2 Å². The molecule has 1 atom stereocenters. The maximum absolute atomic E-state index is 12.0. The van der Waals surface area contributed by atoms with E-state index in [1.165, 1.54) is 0 Å². The molecule has 0 fully saturated rings. The second-order valence-corrected chi connectivity index (χ2v) is 4.56. The molecule has 0 saturated carbocycles. The van der Waals surface area contributed by atoms with Gasteiger partial charge in [-0.25, -0.2) is 4.98 Å². The van der Waals surface area contributed by atoms with Crippen LogP contribution in [0.3, 0.4) is 0 Å². The van der Waals surface area contributed by atoms with Gasteiger partial charge >= 0.3 is 0 Å². The van der Waals surface area contributed by atoms with Crippen LogP contribution in [0.15, 0.2) is 36.7 Å². The molecule has 1 unspecified atom stereocenters. The van der Waals surface area contributed by atoms with Crippen molar-refractivity contribution in [2.45, 2.75) is 18.3 Å². The highest BCUT2D eigenvalue weighted by Crippen LogP contribution is 2.10. The largest absolute Gasteiger partial charge is 0.347 e. The molecular formula is C13H14BrN3O. The predicted octanol–water partition coefficient (Wildman–Crippen LogP) is 2.80. The summed E-state index contributed by atoms with van der Waals surface area (Å²) in [6.07, 6.45) is 3.41. The Balaban J connectivity index is 2.03. The number of nitrogens with one attached hydrogen (secondary N) is 2. The van der Waals surface area contributed by atoms with Crippen LogP contribution in [0.25, 0.3) is 0 Å². The van der Waals surface area contributed by atoms with E-state index in [-0.39, 0.29) is 11.9 Å². The minimum Gasteiger partial charge on any atom is -0.347 e. The molecule has 0 bridgehead atoms. The number of amides is 1. The minimum atomic E-state index is -0.136. The van der Waals surface area contributed by atoms with E-state index >= 15 is 0 Å². The highest BCUT2D eigenvalue weighted by Gasteiger charge is 2.12. The van der Waals surface area contributed by atoms with E-state index in [1.54, 1.807) is 12.4 Å². The average molecular weight is 308 g/mol. The van der Waals surface area contributed by atoms with Crippen LogP contribution in [-0.4, -0.2) is 15.9 Å². The van der Waals surface area contributed by atoms with Gasteiger partial charge in [0.2, 0.25) is 0 Å². The fourth-order valence-electron chi connectivity index (χ4n) is 1.61. The lowest BCUT2D eigenvalue weighted by Gasteiger charge is -2.11. The summed E-state index contributed by atoms with van der Waals surface area (Å²) < 4.78 is 0. The first-order valence-electron chi connectivity index (χ1n) is 5.65. The Hall–Kier alpha value is -1.62. The van der Waals surface area contributed by atoms with E-state index in [2.05, 4.69) is 31.2 Å². The molecule has 94 valence electrons. The van der Waals surface area contributed by atoms with Gasteiger partial charge in [0.25, 0.3) is 5.91 Å². The van der Waals surface area contributed by atoms with E-state index in [0.29, 0.717) is 5.56 Å². The van der Waals surface area contributed by atoms with Gasteiger partial charge in [-0.3, -0.25) is 4.79 Å². The summed E-state index contributed by atoms with van der Waals surface area (Å²) >= 11 is 3.37. The quantitative estimate of drug-likeness (QED) is 0.853. The molecule has 2 N–H and O–H groups in total. The maximum Gasteiger partial charge on any atom is 0.251 e. The highest BCUT2D eigenvalue weighted by molar-refractivity contribution is 9.08. The first-order chi connectivity index (χ1) is 8.70. The molecular weight excluding hydrogens is 294 g/mol.